The van der Waals surface area contributed by atoms with Crippen LogP contribution in [0.2, 0.25) is 0 Å². The molecule has 0 radical (unpaired) electrons. The Bertz CT molecular complexity index is 876. The number of amides is 1. The molecule has 3 N–H and O–H groups in total. The first-order chi connectivity index (χ1) is 11.3. The van der Waals surface area contributed by atoms with E-state index >= 15 is 0 Å². The second-order valence-electron chi connectivity index (χ2n) is 5.73. The zero-order chi connectivity index (χ0) is 17.3. The summed E-state index contributed by atoms with van der Waals surface area (Å²) < 4.78 is 28.0. The van der Waals surface area contributed by atoms with Gasteiger partial charge in [-0.2, -0.15) is 0 Å². The molecule has 1 atom stereocenters. The van der Waals surface area contributed by atoms with E-state index in [1.165, 1.54) is 12.1 Å². The third-order valence-corrected chi connectivity index (χ3v) is 4.94. The van der Waals surface area contributed by atoms with Gasteiger partial charge in [0.25, 0.3) is 5.91 Å². The standard InChI is InChI=1S/C17H18N2O4S/c1-11(12-2-5-15(6-3-12)24(18,21)22)19-17(20)14-4-7-16-13(10-14)8-9-23-16/h2-7,10-11H,8-9H2,1H3,(H,19,20)(H2,18,21,22). The van der Waals surface area contributed by atoms with E-state index in [0.29, 0.717) is 12.2 Å². The summed E-state index contributed by atoms with van der Waals surface area (Å²) >= 11 is 0. The van der Waals surface area contributed by atoms with Gasteiger partial charge >= 0.3 is 0 Å². The Balaban J connectivity index is 1.72. The fourth-order valence-electron chi connectivity index (χ4n) is 2.64. The minimum Gasteiger partial charge on any atom is -0.493 e. The summed E-state index contributed by atoms with van der Waals surface area (Å²) in [6.45, 7) is 2.48. The van der Waals surface area contributed by atoms with Crippen molar-refractivity contribution in [3.8, 4) is 5.75 Å². The first-order valence-electron chi connectivity index (χ1n) is 7.54. The van der Waals surface area contributed by atoms with Gasteiger partial charge in [0.2, 0.25) is 10.0 Å². The number of ether oxygens (including phenoxy) is 1. The molecule has 1 amide bonds. The monoisotopic (exact) mass is 346 g/mol. The van der Waals surface area contributed by atoms with Gasteiger partial charge in [0, 0.05) is 12.0 Å². The summed E-state index contributed by atoms with van der Waals surface area (Å²) in [5, 5.41) is 7.98. The lowest BCUT2D eigenvalue weighted by Gasteiger charge is -2.15. The normalized spacial score (nSPS) is 14.6. The van der Waals surface area contributed by atoms with Crippen LogP contribution < -0.4 is 15.2 Å². The highest BCUT2D eigenvalue weighted by atomic mass is 32.2. The number of sulfonamides is 1. The van der Waals surface area contributed by atoms with E-state index in [2.05, 4.69) is 5.32 Å². The molecule has 0 bridgehead atoms. The lowest BCUT2D eigenvalue weighted by molar-refractivity contribution is 0.0940. The molecule has 126 valence electrons. The number of fused-ring (bicyclic) bond motifs is 1. The summed E-state index contributed by atoms with van der Waals surface area (Å²) in [5.41, 5.74) is 2.40. The van der Waals surface area contributed by atoms with Crippen LogP contribution in [0.4, 0.5) is 0 Å². The summed E-state index contributed by atoms with van der Waals surface area (Å²) in [5.74, 6) is 0.644. The quantitative estimate of drug-likeness (QED) is 0.881. The minimum absolute atomic E-state index is 0.0448. The molecule has 0 aromatic heterocycles. The molecule has 6 nitrogen and oxygen atoms in total. The first kappa shape index (κ1) is 16.5. The van der Waals surface area contributed by atoms with Crippen LogP contribution in [0.5, 0.6) is 5.75 Å². The van der Waals surface area contributed by atoms with Crippen LogP contribution >= 0.6 is 0 Å². The van der Waals surface area contributed by atoms with E-state index in [-0.39, 0.29) is 16.8 Å². The largest absolute Gasteiger partial charge is 0.493 e. The maximum absolute atomic E-state index is 12.4. The van der Waals surface area contributed by atoms with Crippen LogP contribution in [0.15, 0.2) is 47.4 Å². The summed E-state index contributed by atoms with van der Waals surface area (Å²) in [4.78, 5) is 12.4. The third kappa shape index (κ3) is 3.42. The van der Waals surface area contributed by atoms with Gasteiger partial charge in [0.05, 0.1) is 17.5 Å². The minimum atomic E-state index is -3.72. The van der Waals surface area contributed by atoms with Crippen LogP contribution in [0.25, 0.3) is 0 Å². The maximum atomic E-state index is 12.4. The molecule has 24 heavy (non-hydrogen) atoms. The van der Waals surface area contributed by atoms with Gasteiger partial charge in [-0.05, 0) is 48.4 Å². The Morgan fingerprint density at radius 3 is 2.58 bits per heavy atom. The Kier molecular flexibility index (Phi) is 4.29. The van der Waals surface area contributed by atoms with Crippen molar-refractivity contribution in [1.29, 1.82) is 0 Å². The van der Waals surface area contributed by atoms with Gasteiger partial charge in [-0.1, -0.05) is 12.1 Å². The average Bonchev–Trinajstić information content (AvgIpc) is 3.01. The molecule has 1 aliphatic heterocycles. The molecule has 0 aliphatic carbocycles. The van der Waals surface area contributed by atoms with Crippen molar-refractivity contribution in [3.63, 3.8) is 0 Å². The molecule has 0 fully saturated rings. The molecule has 7 heteroatoms. The highest BCUT2D eigenvalue weighted by Crippen LogP contribution is 2.26. The number of carbonyl (C=O) groups is 1. The van der Waals surface area contributed by atoms with E-state index in [9.17, 15) is 13.2 Å². The second kappa shape index (κ2) is 6.26. The van der Waals surface area contributed by atoms with Gasteiger partial charge in [0.1, 0.15) is 5.75 Å². The Morgan fingerprint density at radius 2 is 1.92 bits per heavy atom. The number of carbonyl (C=O) groups excluding carboxylic acids is 1. The van der Waals surface area contributed by atoms with Gasteiger partial charge in [-0.15, -0.1) is 0 Å². The zero-order valence-corrected chi connectivity index (χ0v) is 14.0. The number of rotatable bonds is 4. The van der Waals surface area contributed by atoms with Gasteiger partial charge < -0.3 is 10.1 Å². The molecule has 0 saturated heterocycles. The second-order valence-corrected chi connectivity index (χ2v) is 7.29. The third-order valence-electron chi connectivity index (χ3n) is 4.01. The van der Waals surface area contributed by atoms with Crippen LogP contribution in [-0.4, -0.2) is 20.9 Å². The van der Waals surface area contributed by atoms with E-state index in [0.717, 1.165) is 23.3 Å². The topological polar surface area (TPSA) is 98.5 Å². The predicted molar refractivity (Wildman–Crippen MR) is 89.3 cm³/mol. The SMILES string of the molecule is CC(NC(=O)c1ccc2c(c1)CCO2)c1ccc(S(N)(=O)=O)cc1. The van der Waals surface area contributed by atoms with Gasteiger partial charge in [-0.3, -0.25) is 4.79 Å². The Morgan fingerprint density at radius 1 is 1.21 bits per heavy atom. The number of primary sulfonamides is 1. The van der Waals surface area contributed by atoms with Crippen molar-refractivity contribution in [2.45, 2.75) is 24.3 Å². The van der Waals surface area contributed by atoms with Crippen molar-refractivity contribution >= 4 is 15.9 Å². The maximum Gasteiger partial charge on any atom is 0.251 e. The Hall–Kier alpha value is -2.38. The van der Waals surface area contributed by atoms with Gasteiger partial charge in [-0.25, -0.2) is 13.6 Å². The van der Waals surface area contributed by atoms with Crippen molar-refractivity contribution in [3.05, 3.63) is 59.2 Å². The fourth-order valence-corrected chi connectivity index (χ4v) is 3.15. The average molecular weight is 346 g/mol. The van der Waals surface area contributed by atoms with E-state index < -0.39 is 10.0 Å². The van der Waals surface area contributed by atoms with Crippen LogP contribution in [0.1, 0.15) is 34.5 Å². The predicted octanol–water partition coefficient (Wildman–Crippen LogP) is 1.76. The summed E-state index contributed by atoms with van der Waals surface area (Å²) in [6.07, 6.45) is 0.807. The van der Waals surface area contributed by atoms with E-state index in [4.69, 9.17) is 9.88 Å². The lowest BCUT2D eigenvalue weighted by atomic mass is 10.1. The summed E-state index contributed by atoms with van der Waals surface area (Å²) in [7, 11) is -3.72. The molecular formula is C17H18N2O4S. The van der Waals surface area contributed by atoms with Crippen molar-refractivity contribution in [1.82, 2.24) is 5.32 Å². The van der Waals surface area contributed by atoms with Gasteiger partial charge in [0.15, 0.2) is 0 Å². The molecule has 1 heterocycles. The van der Waals surface area contributed by atoms with Crippen LogP contribution in [-0.2, 0) is 16.4 Å². The molecule has 2 aromatic carbocycles. The molecule has 1 aliphatic rings. The number of hydrogen-bond donors (Lipinski definition) is 2. The van der Waals surface area contributed by atoms with Crippen molar-refractivity contribution < 1.29 is 17.9 Å². The lowest BCUT2D eigenvalue weighted by Crippen LogP contribution is -2.26. The number of nitrogens with two attached hydrogens (primary N) is 1. The highest BCUT2D eigenvalue weighted by Gasteiger charge is 2.17. The number of nitrogens with one attached hydrogen (secondary N) is 1. The van der Waals surface area contributed by atoms with E-state index in [1.54, 1.807) is 18.2 Å². The van der Waals surface area contributed by atoms with E-state index in [1.807, 2.05) is 19.1 Å². The molecule has 2 aromatic rings. The molecule has 0 saturated carbocycles. The molecule has 3 rings (SSSR count). The zero-order valence-electron chi connectivity index (χ0n) is 13.2. The first-order valence-corrected chi connectivity index (χ1v) is 9.08. The smallest absolute Gasteiger partial charge is 0.251 e. The summed E-state index contributed by atoms with van der Waals surface area (Å²) in [6, 6.07) is 11.3. The number of benzene rings is 2. The van der Waals surface area contributed by atoms with Crippen LogP contribution in [0, 0.1) is 0 Å². The van der Waals surface area contributed by atoms with Crippen LogP contribution in [0.3, 0.4) is 0 Å². The van der Waals surface area contributed by atoms with Crippen molar-refractivity contribution in [2.75, 3.05) is 6.61 Å². The fraction of sp³-hybridized carbons (Fsp3) is 0.235. The molecule has 1 unspecified atom stereocenters. The highest BCUT2D eigenvalue weighted by molar-refractivity contribution is 7.89. The number of hydrogen-bond acceptors (Lipinski definition) is 4. The molecular weight excluding hydrogens is 328 g/mol. The Labute approximate surface area is 140 Å². The molecule has 0 spiro atoms. The van der Waals surface area contributed by atoms with Crippen molar-refractivity contribution in [2.24, 2.45) is 5.14 Å².